The fraction of sp³-hybridized carbons (Fsp3) is 0.125. The molecule has 110 valence electrons. The van der Waals surface area contributed by atoms with E-state index in [1.807, 2.05) is 47.0 Å². The third-order valence-electron chi connectivity index (χ3n) is 3.60. The van der Waals surface area contributed by atoms with E-state index in [0.29, 0.717) is 11.5 Å². The zero-order valence-corrected chi connectivity index (χ0v) is 12.5. The molecule has 0 saturated carbocycles. The second kappa shape index (κ2) is 4.99. The minimum atomic E-state index is 0.252. The molecule has 0 saturated heterocycles. The Morgan fingerprint density at radius 3 is 2.86 bits per heavy atom. The van der Waals surface area contributed by atoms with Gasteiger partial charge in [-0.1, -0.05) is 24.4 Å². The van der Waals surface area contributed by atoms with Crippen molar-refractivity contribution in [3.63, 3.8) is 0 Å². The Kier molecular flexibility index (Phi) is 2.97. The maximum Gasteiger partial charge on any atom is 0.231 e. The van der Waals surface area contributed by atoms with Crippen LogP contribution in [0.15, 0.2) is 42.5 Å². The van der Waals surface area contributed by atoms with Gasteiger partial charge in [0.25, 0.3) is 0 Å². The van der Waals surface area contributed by atoms with Crippen molar-refractivity contribution in [3.8, 4) is 22.9 Å². The molecule has 0 fully saturated rings. The number of benzene rings is 2. The summed E-state index contributed by atoms with van der Waals surface area (Å²) in [6, 6.07) is 13.7. The van der Waals surface area contributed by atoms with Crippen LogP contribution in [0.5, 0.6) is 11.5 Å². The van der Waals surface area contributed by atoms with E-state index < -0.39 is 0 Å². The molecule has 4 rings (SSSR count). The van der Waals surface area contributed by atoms with Gasteiger partial charge in [-0.05, 0) is 30.3 Å². The van der Waals surface area contributed by atoms with Gasteiger partial charge in [0, 0.05) is 5.56 Å². The molecule has 3 aromatic rings. The summed E-state index contributed by atoms with van der Waals surface area (Å²) in [6.07, 6.45) is 0. The molecule has 0 radical (unpaired) electrons. The van der Waals surface area contributed by atoms with Crippen LogP contribution in [0.25, 0.3) is 22.4 Å². The maximum absolute atomic E-state index is 5.75. The SMILES string of the molecule is NC(=S)Cn1c(-c2ccc3c(c2)OCO3)nc2ccccc21. The van der Waals surface area contributed by atoms with Crippen LogP contribution >= 0.6 is 12.2 Å². The molecule has 2 N–H and O–H groups in total. The molecule has 1 aromatic heterocycles. The number of imidazole rings is 1. The van der Waals surface area contributed by atoms with Crippen molar-refractivity contribution in [3.05, 3.63) is 42.5 Å². The second-order valence-corrected chi connectivity index (χ2v) is 5.57. The van der Waals surface area contributed by atoms with Crippen molar-refractivity contribution < 1.29 is 9.47 Å². The third kappa shape index (κ3) is 2.08. The average molecular weight is 311 g/mol. The minimum Gasteiger partial charge on any atom is -0.454 e. The largest absolute Gasteiger partial charge is 0.454 e. The molecule has 0 atom stereocenters. The van der Waals surface area contributed by atoms with Gasteiger partial charge in [-0.2, -0.15) is 0 Å². The van der Waals surface area contributed by atoms with E-state index in [1.54, 1.807) is 0 Å². The monoisotopic (exact) mass is 311 g/mol. The number of rotatable bonds is 3. The molecule has 22 heavy (non-hydrogen) atoms. The number of hydrogen-bond acceptors (Lipinski definition) is 4. The van der Waals surface area contributed by atoms with Crippen LogP contribution in [0.3, 0.4) is 0 Å². The van der Waals surface area contributed by atoms with Gasteiger partial charge >= 0.3 is 0 Å². The molecule has 0 spiro atoms. The number of fused-ring (bicyclic) bond motifs is 2. The number of nitrogens with two attached hydrogens (primary N) is 1. The molecule has 0 bridgehead atoms. The first-order valence-corrected chi connectivity index (χ1v) is 7.27. The highest BCUT2D eigenvalue weighted by molar-refractivity contribution is 7.80. The summed E-state index contributed by atoms with van der Waals surface area (Å²) in [5.74, 6) is 2.29. The Bertz CT molecular complexity index is 888. The molecule has 0 unspecified atom stereocenters. The second-order valence-electron chi connectivity index (χ2n) is 5.04. The van der Waals surface area contributed by atoms with Gasteiger partial charge in [0.2, 0.25) is 6.79 Å². The van der Waals surface area contributed by atoms with Gasteiger partial charge in [0.15, 0.2) is 11.5 Å². The average Bonchev–Trinajstić information content (AvgIpc) is 3.11. The van der Waals surface area contributed by atoms with E-state index in [1.165, 1.54) is 0 Å². The molecule has 1 aliphatic rings. The van der Waals surface area contributed by atoms with E-state index in [2.05, 4.69) is 0 Å². The smallest absolute Gasteiger partial charge is 0.231 e. The number of thiocarbonyl (C=S) groups is 1. The third-order valence-corrected chi connectivity index (χ3v) is 3.73. The lowest BCUT2D eigenvalue weighted by molar-refractivity contribution is 0.174. The molecular weight excluding hydrogens is 298 g/mol. The van der Waals surface area contributed by atoms with Crippen molar-refractivity contribution in [2.45, 2.75) is 6.54 Å². The van der Waals surface area contributed by atoms with Crippen LogP contribution < -0.4 is 15.2 Å². The van der Waals surface area contributed by atoms with Crippen LogP contribution in [-0.2, 0) is 6.54 Å². The Morgan fingerprint density at radius 2 is 2.00 bits per heavy atom. The van der Waals surface area contributed by atoms with Gasteiger partial charge in [-0.3, -0.25) is 0 Å². The molecular formula is C16H13N3O2S. The number of aromatic nitrogens is 2. The standard InChI is InChI=1S/C16H13N3O2S/c17-15(22)8-19-12-4-2-1-3-11(12)18-16(19)10-5-6-13-14(7-10)21-9-20-13/h1-7H,8-9H2,(H2,17,22). The van der Waals surface area contributed by atoms with Crippen molar-refractivity contribution in [2.75, 3.05) is 6.79 Å². The van der Waals surface area contributed by atoms with Gasteiger partial charge in [0.1, 0.15) is 5.82 Å². The van der Waals surface area contributed by atoms with Crippen molar-refractivity contribution >= 4 is 28.2 Å². The van der Waals surface area contributed by atoms with Crippen LogP contribution in [-0.4, -0.2) is 21.3 Å². The maximum atomic E-state index is 5.75. The number of nitrogens with zero attached hydrogens (tertiary/aromatic N) is 2. The van der Waals surface area contributed by atoms with E-state index in [4.69, 9.17) is 32.4 Å². The highest BCUT2D eigenvalue weighted by Crippen LogP contribution is 2.36. The molecule has 1 aliphatic heterocycles. The Balaban J connectivity index is 1.92. The van der Waals surface area contributed by atoms with Gasteiger partial charge < -0.3 is 19.8 Å². The summed E-state index contributed by atoms with van der Waals surface area (Å²) >= 11 is 5.08. The summed E-state index contributed by atoms with van der Waals surface area (Å²) in [6.45, 7) is 0.696. The molecule has 0 amide bonds. The van der Waals surface area contributed by atoms with E-state index in [0.717, 1.165) is 33.9 Å². The normalized spacial score (nSPS) is 12.7. The highest BCUT2D eigenvalue weighted by atomic mass is 32.1. The quantitative estimate of drug-likeness (QED) is 0.754. The van der Waals surface area contributed by atoms with Crippen LogP contribution in [0.4, 0.5) is 0 Å². The first-order valence-electron chi connectivity index (χ1n) is 6.86. The van der Waals surface area contributed by atoms with Crippen molar-refractivity contribution in [2.24, 2.45) is 5.73 Å². The predicted molar refractivity (Wildman–Crippen MR) is 88.1 cm³/mol. The summed E-state index contributed by atoms with van der Waals surface area (Å²) in [5.41, 5.74) is 8.60. The first kappa shape index (κ1) is 13.1. The van der Waals surface area contributed by atoms with Crippen LogP contribution in [0.1, 0.15) is 0 Å². The summed E-state index contributed by atoms with van der Waals surface area (Å²) in [4.78, 5) is 5.13. The summed E-state index contributed by atoms with van der Waals surface area (Å²) in [7, 11) is 0. The zero-order chi connectivity index (χ0) is 15.1. The summed E-state index contributed by atoms with van der Waals surface area (Å²) < 4.78 is 12.8. The molecule has 6 heteroatoms. The zero-order valence-electron chi connectivity index (χ0n) is 11.7. The topological polar surface area (TPSA) is 62.3 Å². The molecule has 0 aliphatic carbocycles. The lowest BCUT2D eigenvalue weighted by atomic mass is 10.2. The highest BCUT2D eigenvalue weighted by Gasteiger charge is 2.18. The van der Waals surface area contributed by atoms with E-state index in [9.17, 15) is 0 Å². The first-order chi connectivity index (χ1) is 10.7. The minimum absolute atomic E-state index is 0.252. The van der Waals surface area contributed by atoms with Crippen molar-refractivity contribution in [1.29, 1.82) is 0 Å². The van der Waals surface area contributed by atoms with Gasteiger partial charge in [-0.15, -0.1) is 0 Å². The molecule has 2 aromatic carbocycles. The predicted octanol–water partition coefficient (Wildman–Crippen LogP) is 2.72. The molecule has 5 nitrogen and oxygen atoms in total. The van der Waals surface area contributed by atoms with Crippen molar-refractivity contribution in [1.82, 2.24) is 9.55 Å². The van der Waals surface area contributed by atoms with Crippen LogP contribution in [0, 0.1) is 0 Å². The lowest BCUT2D eigenvalue weighted by Gasteiger charge is -2.08. The van der Waals surface area contributed by atoms with Gasteiger partial charge in [-0.25, -0.2) is 4.98 Å². The lowest BCUT2D eigenvalue weighted by Crippen LogP contribution is -2.17. The fourth-order valence-corrected chi connectivity index (χ4v) is 2.78. The fourth-order valence-electron chi connectivity index (χ4n) is 2.65. The molecule has 2 heterocycles. The Hall–Kier alpha value is -2.60. The Morgan fingerprint density at radius 1 is 1.18 bits per heavy atom. The van der Waals surface area contributed by atoms with Gasteiger partial charge in [0.05, 0.1) is 22.6 Å². The number of para-hydroxylation sites is 2. The van der Waals surface area contributed by atoms with E-state index in [-0.39, 0.29) is 6.79 Å². The number of hydrogen-bond donors (Lipinski definition) is 1. The Labute approximate surface area is 132 Å². The van der Waals surface area contributed by atoms with Crippen LogP contribution in [0.2, 0.25) is 0 Å². The summed E-state index contributed by atoms with van der Waals surface area (Å²) in [5, 5.41) is 0. The van der Waals surface area contributed by atoms with E-state index >= 15 is 0 Å². The number of ether oxygens (including phenoxy) is 2.